The quantitative estimate of drug-likeness (QED) is 0.526. The first-order chi connectivity index (χ1) is 4.83. The second-order valence-corrected chi connectivity index (χ2v) is 2.85. The molecule has 0 aliphatic carbocycles. The minimum Gasteiger partial charge on any atom is -0.290 e. The Hall–Kier alpha value is -0.590. The molecule has 0 radical (unpaired) electrons. The van der Waals surface area contributed by atoms with Gasteiger partial charge in [-0.1, -0.05) is 19.9 Å². The smallest absolute Gasteiger partial charge is 0.0398 e. The van der Waals surface area contributed by atoms with Gasteiger partial charge in [0.25, 0.3) is 0 Å². The van der Waals surface area contributed by atoms with Crippen molar-refractivity contribution in [3.63, 3.8) is 0 Å². The van der Waals surface area contributed by atoms with Crippen molar-refractivity contribution in [1.82, 2.24) is 0 Å². The van der Waals surface area contributed by atoms with Crippen molar-refractivity contribution in [3.8, 4) is 0 Å². The third kappa shape index (κ3) is 1.98. The molecular formula is C9H15N. The van der Waals surface area contributed by atoms with Gasteiger partial charge in [-0.25, -0.2) is 0 Å². The fourth-order valence-electron chi connectivity index (χ4n) is 1.07. The van der Waals surface area contributed by atoms with Gasteiger partial charge in [-0.15, -0.1) is 0 Å². The highest BCUT2D eigenvalue weighted by atomic mass is 14.7. The molecule has 0 aromatic heterocycles. The summed E-state index contributed by atoms with van der Waals surface area (Å²) in [7, 11) is 0. The molecule has 1 nitrogen and oxygen atoms in total. The molecule has 56 valence electrons. The number of aliphatic imine (C=N–C) groups is 1. The molecule has 0 saturated carbocycles. The maximum Gasteiger partial charge on any atom is 0.0398 e. The lowest BCUT2D eigenvalue weighted by Gasteiger charge is -1.97. The van der Waals surface area contributed by atoms with Crippen LogP contribution in [0.15, 0.2) is 17.1 Å². The molecule has 1 unspecified atom stereocenters. The van der Waals surface area contributed by atoms with E-state index in [0.29, 0.717) is 5.92 Å². The molecule has 0 fully saturated rings. The minimum absolute atomic E-state index is 0.716. The van der Waals surface area contributed by atoms with Gasteiger partial charge in [-0.3, -0.25) is 4.99 Å². The van der Waals surface area contributed by atoms with Crippen molar-refractivity contribution >= 4 is 5.71 Å². The monoisotopic (exact) mass is 137 g/mol. The summed E-state index contributed by atoms with van der Waals surface area (Å²) in [6.45, 7) is 5.40. The van der Waals surface area contributed by atoms with Gasteiger partial charge in [-0.05, 0) is 24.8 Å². The maximum absolute atomic E-state index is 4.42. The number of hydrogen-bond donors (Lipinski definition) is 0. The zero-order valence-corrected chi connectivity index (χ0v) is 6.80. The largest absolute Gasteiger partial charge is 0.290 e. The van der Waals surface area contributed by atoms with Crippen LogP contribution in [-0.2, 0) is 0 Å². The molecule has 10 heavy (non-hydrogen) atoms. The van der Waals surface area contributed by atoms with Crippen LogP contribution in [0.25, 0.3) is 0 Å². The third-order valence-corrected chi connectivity index (χ3v) is 1.88. The summed E-state index contributed by atoms with van der Waals surface area (Å²) in [6.07, 6.45) is 6.70. The first-order valence-electron chi connectivity index (χ1n) is 4.04. The topological polar surface area (TPSA) is 12.4 Å². The van der Waals surface area contributed by atoms with Crippen LogP contribution in [0.1, 0.15) is 26.7 Å². The van der Waals surface area contributed by atoms with Gasteiger partial charge < -0.3 is 0 Å². The minimum atomic E-state index is 0.716. The predicted molar refractivity (Wildman–Crippen MR) is 45.5 cm³/mol. The van der Waals surface area contributed by atoms with E-state index in [1.165, 1.54) is 12.1 Å². The molecule has 1 rings (SSSR count). The lowest BCUT2D eigenvalue weighted by atomic mass is 10.1. The summed E-state index contributed by atoms with van der Waals surface area (Å²) < 4.78 is 0. The van der Waals surface area contributed by atoms with Crippen LogP contribution in [0.2, 0.25) is 0 Å². The van der Waals surface area contributed by atoms with E-state index in [0.717, 1.165) is 13.0 Å². The van der Waals surface area contributed by atoms with Crippen molar-refractivity contribution in [1.29, 1.82) is 0 Å². The molecule has 0 saturated heterocycles. The van der Waals surface area contributed by atoms with Crippen LogP contribution in [0.5, 0.6) is 0 Å². The Bertz CT molecular complexity index is 156. The molecule has 1 atom stereocenters. The Morgan fingerprint density at radius 2 is 2.50 bits per heavy atom. The van der Waals surface area contributed by atoms with Crippen molar-refractivity contribution in [3.05, 3.63) is 12.2 Å². The number of hydrogen-bond acceptors (Lipinski definition) is 1. The van der Waals surface area contributed by atoms with Gasteiger partial charge in [0, 0.05) is 12.3 Å². The van der Waals surface area contributed by atoms with Gasteiger partial charge >= 0.3 is 0 Å². The van der Waals surface area contributed by atoms with Crippen LogP contribution in [0.3, 0.4) is 0 Å². The van der Waals surface area contributed by atoms with E-state index in [2.05, 4.69) is 31.0 Å². The van der Waals surface area contributed by atoms with E-state index in [1.54, 1.807) is 0 Å². The zero-order valence-electron chi connectivity index (χ0n) is 6.80. The standard InChI is InChI=1S/C9H15N/c1-3-9-5-4-8(2)6-7-10-9/h4-5,8H,3,6-7H2,1-2H3. The fraction of sp³-hybridized carbons (Fsp3) is 0.667. The highest BCUT2D eigenvalue weighted by molar-refractivity contribution is 5.94. The Morgan fingerprint density at radius 3 is 3.20 bits per heavy atom. The lowest BCUT2D eigenvalue weighted by Crippen LogP contribution is -1.90. The molecule has 1 aliphatic heterocycles. The van der Waals surface area contributed by atoms with Crippen LogP contribution in [0, 0.1) is 5.92 Å². The van der Waals surface area contributed by atoms with Crippen LogP contribution in [-0.4, -0.2) is 12.3 Å². The Kier molecular flexibility index (Phi) is 2.67. The average Bonchev–Trinajstić information content (AvgIpc) is 2.14. The second kappa shape index (κ2) is 3.55. The Morgan fingerprint density at radius 1 is 1.70 bits per heavy atom. The molecule has 0 amide bonds. The van der Waals surface area contributed by atoms with E-state index in [4.69, 9.17) is 0 Å². The van der Waals surface area contributed by atoms with Crippen molar-refractivity contribution < 1.29 is 0 Å². The summed E-state index contributed by atoms with van der Waals surface area (Å²) in [6, 6.07) is 0. The molecule has 0 bridgehead atoms. The molecule has 0 N–H and O–H groups in total. The van der Waals surface area contributed by atoms with E-state index in [1.807, 2.05) is 0 Å². The SMILES string of the molecule is CCC1=NCCC(C)C=C1. The average molecular weight is 137 g/mol. The summed E-state index contributed by atoms with van der Waals surface area (Å²) in [5, 5.41) is 0. The van der Waals surface area contributed by atoms with Crippen molar-refractivity contribution in [2.45, 2.75) is 26.7 Å². The summed E-state index contributed by atoms with van der Waals surface area (Å²) in [4.78, 5) is 4.42. The first kappa shape index (κ1) is 7.52. The van der Waals surface area contributed by atoms with Crippen LogP contribution in [0.4, 0.5) is 0 Å². The van der Waals surface area contributed by atoms with Crippen molar-refractivity contribution in [2.24, 2.45) is 10.9 Å². The Balaban J connectivity index is 2.57. The third-order valence-electron chi connectivity index (χ3n) is 1.88. The highest BCUT2D eigenvalue weighted by Crippen LogP contribution is 2.08. The molecule has 1 heteroatoms. The molecule has 1 aliphatic rings. The van der Waals surface area contributed by atoms with E-state index < -0.39 is 0 Å². The van der Waals surface area contributed by atoms with E-state index >= 15 is 0 Å². The van der Waals surface area contributed by atoms with E-state index in [9.17, 15) is 0 Å². The first-order valence-corrected chi connectivity index (χ1v) is 4.04. The Labute approximate surface area is 62.9 Å². The van der Waals surface area contributed by atoms with Gasteiger partial charge in [-0.2, -0.15) is 0 Å². The van der Waals surface area contributed by atoms with Gasteiger partial charge in [0.2, 0.25) is 0 Å². The van der Waals surface area contributed by atoms with Crippen molar-refractivity contribution in [2.75, 3.05) is 6.54 Å². The molecule has 0 aromatic carbocycles. The highest BCUT2D eigenvalue weighted by Gasteiger charge is 2.00. The molecule has 0 aromatic rings. The zero-order chi connectivity index (χ0) is 7.40. The van der Waals surface area contributed by atoms with Gasteiger partial charge in [0.1, 0.15) is 0 Å². The van der Waals surface area contributed by atoms with Crippen LogP contribution < -0.4 is 0 Å². The predicted octanol–water partition coefficient (Wildman–Crippen LogP) is 2.43. The number of nitrogens with zero attached hydrogens (tertiary/aromatic N) is 1. The maximum atomic E-state index is 4.42. The number of rotatable bonds is 1. The lowest BCUT2D eigenvalue weighted by molar-refractivity contribution is 0.665. The summed E-state index contributed by atoms with van der Waals surface area (Å²) in [5.74, 6) is 0.716. The normalized spacial score (nSPS) is 25.8. The van der Waals surface area contributed by atoms with Gasteiger partial charge in [0.15, 0.2) is 0 Å². The molecule has 0 spiro atoms. The molecule has 1 heterocycles. The van der Waals surface area contributed by atoms with Crippen LogP contribution >= 0.6 is 0 Å². The summed E-state index contributed by atoms with van der Waals surface area (Å²) in [5.41, 5.74) is 1.25. The number of allylic oxidation sites excluding steroid dienone is 2. The van der Waals surface area contributed by atoms with E-state index in [-0.39, 0.29) is 0 Å². The van der Waals surface area contributed by atoms with Gasteiger partial charge in [0.05, 0.1) is 0 Å². The summed E-state index contributed by atoms with van der Waals surface area (Å²) >= 11 is 0. The second-order valence-electron chi connectivity index (χ2n) is 2.85. The fourth-order valence-corrected chi connectivity index (χ4v) is 1.07. The molecular weight excluding hydrogens is 122 g/mol.